The summed E-state index contributed by atoms with van der Waals surface area (Å²) in [4.78, 5) is 11.9. The third kappa shape index (κ3) is 5.03. The standard InChI is InChI=1S/C17H17BrN2O3/c1-22-14-7-8-15(16(11-14)23-2)20-17(21)19-10-9-12-3-5-13(18)6-4-12/h3-11H,1-2H3,(H2,19,20,21)/b10-9+. The summed E-state index contributed by atoms with van der Waals surface area (Å²) in [6.45, 7) is 0. The summed E-state index contributed by atoms with van der Waals surface area (Å²) in [6, 6.07) is 12.5. The van der Waals surface area contributed by atoms with Gasteiger partial charge < -0.3 is 20.1 Å². The molecule has 0 radical (unpaired) electrons. The second kappa shape index (κ2) is 8.24. The Hall–Kier alpha value is -2.47. The highest BCUT2D eigenvalue weighted by atomic mass is 79.9. The normalized spacial score (nSPS) is 10.4. The Balaban J connectivity index is 1.95. The van der Waals surface area contributed by atoms with E-state index in [0.29, 0.717) is 17.2 Å². The topological polar surface area (TPSA) is 59.6 Å². The maximum atomic E-state index is 11.9. The van der Waals surface area contributed by atoms with Gasteiger partial charge in [0, 0.05) is 16.7 Å². The molecule has 0 aliphatic heterocycles. The number of ether oxygens (including phenoxy) is 2. The number of anilines is 1. The largest absolute Gasteiger partial charge is 0.497 e. The Labute approximate surface area is 143 Å². The molecule has 2 amide bonds. The predicted octanol–water partition coefficient (Wildman–Crippen LogP) is 4.26. The highest BCUT2D eigenvalue weighted by molar-refractivity contribution is 9.10. The summed E-state index contributed by atoms with van der Waals surface area (Å²) in [5.74, 6) is 1.18. The highest BCUT2D eigenvalue weighted by Gasteiger charge is 2.07. The number of urea groups is 1. The van der Waals surface area contributed by atoms with Crippen molar-refractivity contribution in [2.45, 2.75) is 0 Å². The van der Waals surface area contributed by atoms with Crippen LogP contribution in [0.4, 0.5) is 10.5 Å². The molecule has 2 N–H and O–H groups in total. The van der Waals surface area contributed by atoms with Crippen LogP contribution in [0.15, 0.2) is 53.1 Å². The number of hydrogen-bond donors (Lipinski definition) is 2. The molecule has 0 heterocycles. The summed E-state index contributed by atoms with van der Waals surface area (Å²) < 4.78 is 11.4. The molecule has 2 rings (SSSR count). The van der Waals surface area contributed by atoms with E-state index in [0.717, 1.165) is 10.0 Å². The first-order valence-electron chi connectivity index (χ1n) is 6.84. The maximum Gasteiger partial charge on any atom is 0.323 e. The van der Waals surface area contributed by atoms with Crippen LogP contribution in [0.5, 0.6) is 11.5 Å². The van der Waals surface area contributed by atoms with Gasteiger partial charge in [-0.1, -0.05) is 28.1 Å². The lowest BCUT2D eigenvalue weighted by Gasteiger charge is -2.11. The number of carbonyl (C=O) groups excluding carboxylic acids is 1. The van der Waals surface area contributed by atoms with Crippen LogP contribution in [0.1, 0.15) is 5.56 Å². The van der Waals surface area contributed by atoms with E-state index in [1.807, 2.05) is 24.3 Å². The zero-order valence-corrected chi connectivity index (χ0v) is 14.4. The quantitative estimate of drug-likeness (QED) is 0.819. The van der Waals surface area contributed by atoms with Gasteiger partial charge in [-0.25, -0.2) is 4.79 Å². The summed E-state index contributed by atoms with van der Waals surface area (Å²) >= 11 is 3.37. The predicted molar refractivity (Wildman–Crippen MR) is 94.9 cm³/mol. The van der Waals surface area contributed by atoms with Crippen LogP contribution in [0.2, 0.25) is 0 Å². The minimum atomic E-state index is -0.359. The van der Waals surface area contributed by atoms with Crippen molar-refractivity contribution in [2.75, 3.05) is 19.5 Å². The lowest BCUT2D eigenvalue weighted by molar-refractivity contribution is 0.255. The molecule has 0 atom stereocenters. The average molecular weight is 377 g/mol. The number of amides is 2. The highest BCUT2D eigenvalue weighted by Crippen LogP contribution is 2.28. The fourth-order valence-corrected chi connectivity index (χ4v) is 2.11. The molecule has 5 nitrogen and oxygen atoms in total. The molecule has 23 heavy (non-hydrogen) atoms. The van der Waals surface area contributed by atoms with E-state index in [1.165, 1.54) is 7.11 Å². The summed E-state index contributed by atoms with van der Waals surface area (Å²) in [5, 5.41) is 5.36. The molecule has 120 valence electrons. The maximum absolute atomic E-state index is 11.9. The van der Waals surface area contributed by atoms with Gasteiger partial charge in [0.05, 0.1) is 19.9 Å². The lowest BCUT2D eigenvalue weighted by Crippen LogP contribution is -2.24. The second-order valence-electron chi connectivity index (χ2n) is 4.55. The van der Waals surface area contributed by atoms with Gasteiger partial charge >= 0.3 is 6.03 Å². The van der Waals surface area contributed by atoms with Gasteiger partial charge in [0.2, 0.25) is 0 Å². The minimum Gasteiger partial charge on any atom is -0.497 e. The molecule has 0 fully saturated rings. The number of benzene rings is 2. The monoisotopic (exact) mass is 376 g/mol. The minimum absolute atomic E-state index is 0.359. The number of nitrogens with one attached hydrogen (secondary N) is 2. The van der Waals surface area contributed by atoms with Crippen LogP contribution in [-0.4, -0.2) is 20.3 Å². The SMILES string of the molecule is COc1ccc(NC(=O)N/C=C/c2ccc(Br)cc2)c(OC)c1. The first kappa shape index (κ1) is 16.9. The summed E-state index contributed by atoms with van der Waals surface area (Å²) in [5.41, 5.74) is 1.54. The van der Waals surface area contributed by atoms with E-state index in [9.17, 15) is 4.79 Å². The van der Waals surface area contributed by atoms with Gasteiger partial charge in [-0.3, -0.25) is 0 Å². The van der Waals surface area contributed by atoms with Crippen molar-refractivity contribution in [3.63, 3.8) is 0 Å². The number of halogens is 1. The Morgan fingerprint density at radius 1 is 1.09 bits per heavy atom. The molecule has 2 aromatic rings. The van der Waals surface area contributed by atoms with Gasteiger partial charge in [-0.2, -0.15) is 0 Å². The molecular formula is C17H17BrN2O3. The Morgan fingerprint density at radius 3 is 2.48 bits per heavy atom. The van der Waals surface area contributed by atoms with Crippen molar-refractivity contribution >= 4 is 33.7 Å². The van der Waals surface area contributed by atoms with Crippen LogP contribution in [0.3, 0.4) is 0 Å². The van der Waals surface area contributed by atoms with Crippen LogP contribution < -0.4 is 20.1 Å². The third-order valence-electron chi connectivity index (χ3n) is 3.02. The smallest absolute Gasteiger partial charge is 0.323 e. The Kier molecular flexibility index (Phi) is 6.05. The van der Waals surface area contributed by atoms with E-state index in [4.69, 9.17) is 9.47 Å². The van der Waals surface area contributed by atoms with Crippen LogP contribution in [0, 0.1) is 0 Å². The van der Waals surface area contributed by atoms with Crippen molar-refractivity contribution in [1.29, 1.82) is 0 Å². The van der Waals surface area contributed by atoms with Crippen molar-refractivity contribution in [2.24, 2.45) is 0 Å². The van der Waals surface area contributed by atoms with Crippen molar-refractivity contribution < 1.29 is 14.3 Å². The Bertz CT molecular complexity index is 699. The molecule has 0 saturated carbocycles. The van der Waals surface area contributed by atoms with Gasteiger partial charge in [-0.05, 0) is 35.9 Å². The Morgan fingerprint density at radius 2 is 1.83 bits per heavy atom. The van der Waals surface area contributed by atoms with Crippen LogP contribution >= 0.6 is 15.9 Å². The van der Waals surface area contributed by atoms with Gasteiger partial charge in [0.1, 0.15) is 11.5 Å². The third-order valence-corrected chi connectivity index (χ3v) is 3.55. The average Bonchev–Trinajstić information content (AvgIpc) is 2.57. The zero-order chi connectivity index (χ0) is 16.7. The fourth-order valence-electron chi connectivity index (χ4n) is 1.85. The van der Waals surface area contributed by atoms with E-state index in [-0.39, 0.29) is 6.03 Å². The molecule has 0 spiro atoms. The molecule has 2 aromatic carbocycles. The van der Waals surface area contributed by atoms with Crippen molar-refractivity contribution in [1.82, 2.24) is 5.32 Å². The molecule has 0 bridgehead atoms. The zero-order valence-electron chi connectivity index (χ0n) is 12.8. The molecule has 0 aromatic heterocycles. The number of hydrogen-bond acceptors (Lipinski definition) is 3. The summed E-state index contributed by atoms with van der Waals surface area (Å²) in [7, 11) is 3.10. The van der Waals surface area contributed by atoms with E-state index in [1.54, 1.807) is 37.6 Å². The molecule has 0 aliphatic rings. The molecule has 0 unspecified atom stereocenters. The number of rotatable bonds is 5. The lowest BCUT2D eigenvalue weighted by atomic mass is 10.2. The fraction of sp³-hybridized carbons (Fsp3) is 0.118. The summed E-state index contributed by atoms with van der Waals surface area (Å²) in [6.07, 6.45) is 3.38. The molecule has 0 saturated heterocycles. The molecule has 6 heteroatoms. The first-order valence-corrected chi connectivity index (χ1v) is 7.63. The van der Waals surface area contributed by atoms with Crippen LogP contribution in [-0.2, 0) is 0 Å². The molecular weight excluding hydrogens is 360 g/mol. The number of carbonyl (C=O) groups is 1. The van der Waals surface area contributed by atoms with Crippen LogP contribution in [0.25, 0.3) is 6.08 Å². The van der Waals surface area contributed by atoms with Gasteiger partial charge in [0.25, 0.3) is 0 Å². The van der Waals surface area contributed by atoms with Gasteiger partial charge in [0.15, 0.2) is 0 Å². The van der Waals surface area contributed by atoms with E-state index < -0.39 is 0 Å². The first-order chi connectivity index (χ1) is 11.1. The van der Waals surface area contributed by atoms with Crippen molar-refractivity contribution in [3.8, 4) is 11.5 Å². The van der Waals surface area contributed by atoms with Crippen molar-refractivity contribution in [3.05, 3.63) is 58.7 Å². The molecule has 0 aliphatic carbocycles. The van der Waals surface area contributed by atoms with E-state index >= 15 is 0 Å². The second-order valence-corrected chi connectivity index (χ2v) is 5.47. The number of methoxy groups -OCH3 is 2. The van der Waals surface area contributed by atoms with Gasteiger partial charge in [-0.15, -0.1) is 0 Å². The van der Waals surface area contributed by atoms with E-state index in [2.05, 4.69) is 26.6 Å².